The molecule has 2 aliphatic heterocycles. The summed E-state index contributed by atoms with van der Waals surface area (Å²) in [6.45, 7) is 1.43. The third-order valence-corrected chi connectivity index (χ3v) is 6.27. The van der Waals surface area contributed by atoms with E-state index in [1.54, 1.807) is 7.11 Å². The molecule has 1 aromatic carbocycles. The molecule has 0 amide bonds. The Morgan fingerprint density at radius 1 is 1.54 bits per heavy atom. The summed E-state index contributed by atoms with van der Waals surface area (Å²) in [6.07, 6.45) is 8.64. The van der Waals surface area contributed by atoms with Crippen molar-refractivity contribution in [1.29, 1.82) is 5.26 Å². The topological polar surface area (TPSA) is 78.1 Å². The number of benzene rings is 1. The highest BCUT2D eigenvalue weighted by atomic mass is 32.2. The normalized spacial score (nSPS) is 29.3. The van der Waals surface area contributed by atoms with Gasteiger partial charge in [0.2, 0.25) is 6.19 Å². The highest BCUT2D eigenvalue weighted by Crippen LogP contribution is 2.55. The standard InChI is InChI=1S/C19H21N3O3S/c1-24-14-4-3-12-10-22(18(26-2)21-11-20)8-7-19-6-5-13(23)9-15(19)25-17(14)16(12)19/h3-6,13,15,23H,7-10H2,1-2H3/b21-18-/t13-,15+,19+/m0/s1. The van der Waals surface area contributed by atoms with E-state index in [0.29, 0.717) is 13.0 Å². The molecular formula is C19H21N3O3S. The van der Waals surface area contributed by atoms with Crippen molar-refractivity contribution in [3.63, 3.8) is 0 Å². The zero-order valence-corrected chi connectivity index (χ0v) is 15.6. The van der Waals surface area contributed by atoms with Gasteiger partial charge in [-0.25, -0.2) is 0 Å². The van der Waals surface area contributed by atoms with Crippen LogP contribution < -0.4 is 9.47 Å². The molecule has 136 valence electrons. The first-order valence-corrected chi connectivity index (χ1v) is 9.85. The van der Waals surface area contributed by atoms with Crippen LogP contribution in [-0.2, 0) is 12.0 Å². The Morgan fingerprint density at radius 3 is 3.12 bits per heavy atom. The largest absolute Gasteiger partial charge is 0.493 e. The zero-order chi connectivity index (χ0) is 18.3. The number of hydrogen-bond donors (Lipinski definition) is 1. The van der Waals surface area contributed by atoms with Gasteiger partial charge in [0, 0.05) is 25.1 Å². The molecule has 6 nitrogen and oxygen atoms in total. The van der Waals surface area contributed by atoms with Crippen LogP contribution in [0.1, 0.15) is 24.0 Å². The number of nitriles is 1. The predicted molar refractivity (Wildman–Crippen MR) is 100 cm³/mol. The summed E-state index contributed by atoms with van der Waals surface area (Å²) in [7, 11) is 1.65. The molecule has 1 N–H and O–H groups in total. The Labute approximate surface area is 157 Å². The van der Waals surface area contributed by atoms with E-state index in [2.05, 4.69) is 22.0 Å². The van der Waals surface area contributed by atoms with E-state index >= 15 is 0 Å². The average molecular weight is 371 g/mol. The van der Waals surface area contributed by atoms with Gasteiger partial charge >= 0.3 is 0 Å². The van der Waals surface area contributed by atoms with Crippen molar-refractivity contribution in [3.8, 4) is 17.7 Å². The average Bonchev–Trinajstić information content (AvgIpc) is 2.88. The predicted octanol–water partition coefficient (Wildman–Crippen LogP) is 2.42. The molecule has 0 aromatic heterocycles. The van der Waals surface area contributed by atoms with E-state index in [-0.39, 0.29) is 11.5 Å². The molecule has 7 heteroatoms. The molecular weight excluding hydrogens is 350 g/mol. The van der Waals surface area contributed by atoms with Gasteiger partial charge in [-0.05, 0) is 24.3 Å². The lowest BCUT2D eigenvalue weighted by Gasteiger charge is -2.36. The summed E-state index contributed by atoms with van der Waals surface area (Å²) >= 11 is 1.48. The molecule has 3 aliphatic rings. The van der Waals surface area contributed by atoms with Crippen LogP contribution in [0.5, 0.6) is 11.5 Å². The second-order valence-electron chi connectivity index (χ2n) is 6.81. The first-order valence-electron chi connectivity index (χ1n) is 8.63. The maximum atomic E-state index is 10.1. The Hall–Kier alpha value is -2.17. The first-order chi connectivity index (χ1) is 12.6. The molecule has 4 rings (SSSR count). The summed E-state index contributed by atoms with van der Waals surface area (Å²) in [5.41, 5.74) is 2.04. The Morgan fingerprint density at radius 2 is 2.38 bits per heavy atom. The highest BCUT2D eigenvalue weighted by Gasteiger charge is 2.53. The molecule has 1 aliphatic carbocycles. The lowest BCUT2D eigenvalue weighted by molar-refractivity contribution is 0.0834. The molecule has 0 fully saturated rings. The molecule has 1 aromatic rings. The van der Waals surface area contributed by atoms with Crippen molar-refractivity contribution in [2.75, 3.05) is 19.9 Å². The van der Waals surface area contributed by atoms with Crippen LogP contribution in [0.25, 0.3) is 0 Å². The fourth-order valence-electron chi connectivity index (χ4n) is 4.39. The quantitative estimate of drug-likeness (QED) is 0.354. The molecule has 0 unspecified atom stereocenters. The van der Waals surface area contributed by atoms with Crippen LogP contribution in [0.4, 0.5) is 0 Å². The van der Waals surface area contributed by atoms with Crippen LogP contribution in [0.15, 0.2) is 29.3 Å². The van der Waals surface area contributed by atoms with E-state index in [1.807, 2.05) is 24.6 Å². The fourth-order valence-corrected chi connectivity index (χ4v) is 4.93. The van der Waals surface area contributed by atoms with Crippen molar-refractivity contribution in [2.45, 2.75) is 37.0 Å². The van der Waals surface area contributed by atoms with Crippen LogP contribution >= 0.6 is 11.8 Å². The SMILES string of the molecule is COc1ccc2c3c1O[C@@H]1C[C@@H](O)C=C[C@]31CCN(/C(=N/C#N)SC)C2. The van der Waals surface area contributed by atoms with Crippen molar-refractivity contribution >= 4 is 16.9 Å². The van der Waals surface area contributed by atoms with Crippen LogP contribution in [0.2, 0.25) is 0 Å². The second kappa shape index (κ2) is 6.53. The molecule has 0 saturated heterocycles. The van der Waals surface area contributed by atoms with Crippen molar-refractivity contribution in [2.24, 2.45) is 4.99 Å². The summed E-state index contributed by atoms with van der Waals surface area (Å²) in [5.74, 6) is 1.52. The van der Waals surface area contributed by atoms with Gasteiger partial charge in [-0.15, -0.1) is 4.99 Å². The molecule has 26 heavy (non-hydrogen) atoms. The summed E-state index contributed by atoms with van der Waals surface area (Å²) in [5, 5.41) is 19.8. The van der Waals surface area contributed by atoms with Gasteiger partial charge in [-0.3, -0.25) is 0 Å². The van der Waals surface area contributed by atoms with Crippen molar-refractivity contribution in [1.82, 2.24) is 4.90 Å². The van der Waals surface area contributed by atoms with Crippen molar-refractivity contribution < 1.29 is 14.6 Å². The van der Waals surface area contributed by atoms with Crippen molar-refractivity contribution in [3.05, 3.63) is 35.4 Å². The second-order valence-corrected chi connectivity index (χ2v) is 7.58. The van der Waals surface area contributed by atoms with Gasteiger partial charge < -0.3 is 19.5 Å². The first kappa shape index (κ1) is 17.3. The number of thioether (sulfide) groups is 1. The van der Waals surface area contributed by atoms with Crippen LogP contribution in [0, 0.1) is 11.5 Å². The van der Waals surface area contributed by atoms with Gasteiger partial charge in [0.1, 0.15) is 6.10 Å². The van der Waals surface area contributed by atoms with E-state index in [0.717, 1.165) is 40.8 Å². The Bertz CT molecular complexity index is 832. The number of hydrogen-bond acceptors (Lipinski definition) is 6. The minimum atomic E-state index is -0.490. The molecule has 1 spiro atoms. The summed E-state index contributed by atoms with van der Waals surface area (Å²) < 4.78 is 11.8. The molecule has 3 atom stereocenters. The van der Waals surface area contributed by atoms with E-state index in [4.69, 9.17) is 14.7 Å². The maximum absolute atomic E-state index is 10.1. The Balaban J connectivity index is 1.86. The number of methoxy groups -OCH3 is 1. The summed E-state index contributed by atoms with van der Waals surface area (Å²) in [6, 6.07) is 4.01. The van der Waals surface area contributed by atoms with E-state index < -0.39 is 6.10 Å². The molecule has 2 heterocycles. The lowest BCUT2D eigenvalue weighted by atomic mass is 9.69. The minimum Gasteiger partial charge on any atom is -0.493 e. The van der Waals surface area contributed by atoms with Gasteiger partial charge in [-0.2, -0.15) is 5.26 Å². The molecule has 0 bridgehead atoms. The van der Waals surface area contributed by atoms with Gasteiger partial charge in [0.25, 0.3) is 0 Å². The minimum absolute atomic E-state index is 0.113. The number of aliphatic hydroxyl groups is 1. The molecule has 0 radical (unpaired) electrons. The molecule has 0 saturated carbocycles. The summed E-state index contributed by atoms with van der Waals surface area (Å²) in [4.78, 5) is 6.14. The smallest absolute Gasteiger partial charge is 0.208 e. The number of nitrogens with zero attached hydrogens (tertiary/aromatic N) is 3. The number of aliphatic hydroxyl groups excluding tert-OH is 1. The Kier molecular flexibility index (Phi) is 4.33. The van der Waals surface area contributed by atoms with Gasteiger partial charge in [0.05, 0.1) is 18.6 Å². The number of rotatable bonds is 1. The maximum Gasteiger partial charge on any atom is 0.208 e. The third kappa shape index (κ3) is 2.48. The number of aliphatic imine (C=N–C) groups is 1. The monoisotopic (exact) mass is 371 g/mol. The van der Waals surface area contributed by atoms with Gasteiger partial charge in [-0.1, -0.05) is 30.0 Å². The lowest BCUT2D eigenvalue weighted by Crippen LogP contribution is -2.43. The third-order valence-electron chi connectivity index (χ3n) is 5.55. The number of amidine groups is 1. The van der Waals surface area contributed by atoms with Crippen LogP contribution in [0.3, 0.4) is 0 Å². The van der Waals surface area contributed by atoms with E-state index in [9.17, 15) is 5.11 Å². The number of ether oxygens (including phenoxy) is 2. The van der Waals surface area contributed by atoms with E-state index in [1.165, 1.54) is 11.8 Å². The van der Waals surface area contributed by atoms with Crippen LogP contribution in [-0.4, -0.2) is 47.3 Å². The fraction of sp³-hybridized carbons (Fsp3) is 0.474. The highest BCUT2D eigenvalue weighted by molar-refractivity contribution is 8.13. The van der Waals surface area contributed by atoms with Gasteiger partial charge in [0.15, 0.2) is 16.7 Å². The zero-order valence-electron chi connectivity index (χ0n) is 14.8.